The maximum Gasteiger partial charge on any atom is 0.252 e. The van der Waals surface area contributed by atoms with Crippen molar-refractivity contribution in [2.24, 2.45) is 16.9 Å². The first-order valence-electron chi connectivity index (χ1n) is 9.48. The molecule has 7 heteroatoms. The summed E-state index contributed by atoms with van der Waals surface area (Å²) in [6, 6.07) is 6.01. The quantitative estimate of drug-likeness (QED) is 0.646. The topological polar surface area (TPSA) is 111 Å². The lowest BCUT2D eigenvalue weighted by Crippen LogP contribution is -2.51. The molecule has 1 amide bonds. The Kier molecular flexibility index (Phi) is 4.15. The molecular weight excluding hydrogens is 352 g/mol. The Bertz CT molecular complexity index is 1040. The summed E-state index contributed by atoms with van der Waals surface area (Å²) in [7, 11) is 0. The van der Waals surface area contributed by atoms with Crippen LogP contribution in [0.3, 0.4) is 0 Å². The number of carbonyl (C=O) groups is 1. The molecule has 0 spiro atoms. The zero-order chi connectivity index (χ0) is 20.1. The molecule has 1 saturated carbocycles. The number of carbonyl (C=O) groups excluding carboxylic acids is 1. The number of hydrogen-bond donors (Lipinski definition) is 3. The molecule has 0 bridgehead atoms. The molecule has 3 aromatic rings. The lowest BCUT2D eigenvalue weighted by atomic mass is 9.75. The maximum atomic E-state index is 12.1. The monoisotopic (exact) mass is 378 g/mol. The Hall–Kier alpha value is -2.93. The van der Waals surface area contributed by atoms with Crippen LogP contribution in [-0.2, 0) is 0 Å². The van der Waals surface area contributed by atoms with Gasteiger partial charge in [0.25, 0.3) is 5.91 Å². The summed E-state index contributed by atoms with van der Waals surface area (Å²) in [6.45, 7) is 6.42. The molecule has 0 aliphatic heterocycles. The number of fused-ring (bicyclic) bond motifs is 1. The lowest BCUT2D eigenvalue weighted by Gasteiger charge is -2.39. The number of amides is 1. The van der Waals surface area contributed by atoms with Crippen molar-refractivity contribution in [2.45, 2.75) is 45.2 Å². The van der Waals surface area contributed by atoms with Crippen molar-refractivity contribution in [3.63, 3.8) is 0 Å². The number of primary amides is 1. The highest BCUT2D eigenvalue weighted by atomic mass is 16.1. The molecule has 1 aliphatic carbocycles. The smallest absolute Gasteiger partial charge is 0.252 e. The first-order chi connectivity index (χ1) is 13.2. The van der Waals surface area contributed by atoms with Gasteiger partial charge in [0.15, 0.2) is 0 Å². The van der Waals surface area contributed by atoms with Crippen LogP contribution in [0.1, 0.15) is 44.0 Å². The molecule has 0 aromatic carbocycles. The number of nitrogens with zero attached hydrogens (tertiary/aromatic N) is 3. The van der Waals surface area contributed by atoms with Gasteiger partial charge in [-0.2, -0.15) is 5.10 Å². The summed E-state index contributed by atoms with van der Waals surface area (Å²) < 4.78 is 1.77. The third-order valence-corrected chi connectivity index (χ3v) is 6.53. The fraction of sp³-hybridized carbons (Fsp3) is 0.381. The van der Waals surface area contributed by atoms with Gasteiger partial charge in [-0.05, 0) is 43.5 Å². The van der Waals surface area contributed by atoms with Gasteiger partial charge in [-0.15, -0.1) is 0 Å². The Balaban J connectivity index is 1.83. The van der Waals surface area contributed by atoms with Gasteiger partial charge in [0.05, 0.1) is 23.0 Å². The van der Waals surface area contributed by atoms with E-state index in [4.69, 9.17) is 11.5 Å². The van der Waals surface area contributed by atoms with E-state index in [0.717, 1.165) is 29.5 Å². The van der Waals surface area contributed by atoms with Gasteiger partial charge in [0.1, 0.15) is 0 Å². The molecule has 28 heavy (non-hydrogen) atoms. The molecule has 3 heterocycles. The zero-order valence-electron chi connectivity index (χ0n) is 16.4. The van der Waals surface area contributed by atoms with Gasteiger partial charge >= 0.3 is 0 Å². The molecule has 5 N–H and O–H groups in total. The fourth-order valence-corrected chi connectivity index (χ4v) is 4.05. The van der Waals surface area contributed by atoms with Crippen LogP contribution in [0.4, 0.5) is 5.69 Å². The second kappa shape index (κ2) is 6.31. The summed E-state index contributed by atoms with van der Waals surface area (Å²) >= 11 is 0. The first-order valence-corrected chi connectivity index (χ1v) is 9.48. The van der Waals surface area contributed by atoms with Crippen molar-refractivity contribution in [1.82, 2.24) is 14.6 Å². The summed E-state index contributed by atoms with van der Waals surface area (Å²) in [4.78, 5) is 16.2. The number of hydrogen-bond acceptors (Lipinski definition) is 5. The predicted octanol–water partition coefficient (Wildman–Crippen LogP) is 2.81. The normalized spacial score (nSPS) is 23.8. The average Bonchev–Trinajstić information content (AvgIpc) is 3.17. The van der Waals surface area contributed by atoms with Crippen molar-refractivity contribution >= 4 is 17.1 Å². The lowest BCUT2D eigenvalue weighted by molar-refractivity contribution is 0.100. The van der Waals surface area contributed by atoms with Crippen molar-refractivity contribution in [2.75, 3.05) is 5.32 Å². The van der Waals surface area contributed by atoms with Gasteiger partial charge in [0.2, 0.25) is 0 Å². The minimum absolute atomic E-state index is 0.117. The standard InChI is InChI=1S/C21H26N6O/c1-20(2)17(4-7-21(20,3)23)26-18-15(19(22)28)11-25-27-12-14(10-16(18)27)13-5-8-24-9-6-13/h5-6,8-12,17,26H,4,7,23H2,1-3H3,(H2,22,28)/t17-,21+/m1/s1. The predicted molar refractivity (Wildman–Crippen MR) is 110 cm³/mol. The Morgan fingerprint density at radius 3 is 2.57 bits per heavy atom. The highest BCUT2D eigenvalue weighted by molar-refractivity contribution is 6.02. The van der Waals surface area contributed by atoms with Crippen molar-refractivity contribution in [1.29, 1.82) is 0 Å². The summed E-state index contributed by atoms with van der Waals surface area (Å²) in [5.74, 6) is -0.504. The van der Waals surface area contributed by atoms with Gasteiger partial charge in [-0.1, -0.05) is 13.8 Å². The Morgan fingerprint density at radius 1 is 1.25 bits per heavy atom. The zero-order valence-corrected chi connectivity index (χ0v) is 16.4. The largest absolute Gasteiger partial charge is 0.379 e. The van der Waals surface area contributed by atoms with E-state index in [-0.39, 0.29) is 17.0 Å². The third-order valence-electron chi connectivity index (χ3n) is 6.53. The van der Waals surface area contributed by atoms with E-state index in [0.29, 0.717) is 11.3 Å². The molecule has 1 fully saturated rings. The van der Waals surface area contributed by atoms with Crippen LogP contribution < -0.4 is 16.8 Å². The van der Waals surface area contributed by atoms with E-state index < -0.39 is 5.91 Å². The number of nitrogens with one attached hydrogen (secondary N) is 1. The average molecular weight is 378 g/mol. The van der Waals surface area contributed by atoms with Gasteiger partial charge in [0, 0.05) is 41.1 Å². The molecule has 0 unspecified atom stereocenters. The van der Waals surface area contributed by atoms with E-state index in [1.807, 2.05) is 24.4 Å². The molecule has 0 saturated heterocycles. The van der Waals surface area contributed by atoms with Crippen molar-refractivity contribution in [3.8, 4) is 11.1 Å². The second-order valence-electron chi connectivity index (χ2n) is 8.47. The van der Waals surface area contributed by atoms with Gasteiger partial charge in [-0.25, -0.2) is 4.52 Å². The van der Waals surface area contributed by atoms with Crippen LogP contribution >= 0.6 is 0 Å². The van der Waals surface area contributed by atoms with E-state index in [9.17, 15) is 4.79 Å². The summed E-state index contributed by atoms with van der Waals surface area (Å²) in [5, 5.41) is 7.97. The van der Waals surface area contributed by atoms with E-state index >= 15 is 0 Å². The summed E-state index contributed by atoms with van der Waals surface area (Å²) in [6.07, 6.45) is 8.80. The molecule has 4 rings (SSSR count). The van der Waals surface area contributed by atoms with Crippen molar-refractivity contribution in [3.05, 3.63) is 48.5 Å². The molecule has 3 aromatic heterocycles. The van der Waals surface area contributed by atoms with Crippen LogP contribution in [-0.4, -0.2) is 32.1 Å². The molecule has 0 radical (unpaired) electrons. The van der Waals surface area contributed by atoms with Crippen LogP contribution in [0.5, 0.6) is 0 Å². The number of rotatable bonds is 4. The molecule has 2 atom stereocenters. The highest BCUT2D eigenvalue weighted by Gasteiger charge is 2.49. The van der Waals surface area contributed by atoms with Crippen LogP contribution in [0.15, 0.2) is 43.0 Å². The van der Waals surface area contributed by atoms with Gasteiger partial charge < -0.3 is 16.8 Å². The van der Waals surface area contributed by atoms with Crippen molar-refractivity contribution < 1.29 is 4.79 Å². The van der Waals surface area contributed by atoms with Crippen LogP contribution in [0, 0.1) is 5.41 Å². The number of anilines is 1. The first kappa shape index (κ1) is 18.4. The molecule has 1 aliphatic rings. The molecule has 146 valence electrons. The van der Waals surface area contributed by atoms with Crippen LogP contribution in [0.2, 0.25) is 0 Å². The Morgan fingerprint density at radius 2 is 1.96 bits per heavy atom. The molecule has 7 nitrogen and oxygen atoms in total. The van der Waals surface area contributed by atoms with Gasteiger partial charge in [-0.3, -0.25) is 9.78 Å². The number of nitrogens with two attached hydrogens (primary N) is 2. The number of pyridine rings is 1. The number of aromatic nitrogens is 3. The highest BCUT2D eigenvalue weighted by Crippen LogP contribution is 2.46. The maximum absolute atomic E-state index is 12.1. The third kappa shape index (κ3) is 2.82. The summed E-state index contributed by atoms with van der Waals surface area (Å²) in [5.41, 5.74) is 15.7. The molecular formula is C21H26N6O. The Labute approximate surface area is 164 Å². The van der Waals surface area contributed by atoms with E-state index in [2.05, 4.69) is 36.2 Å². The SMILES string of the molecule is CC1(C)[C@H](Nc2c(C(N)=O)cnn3cc(-c4ccncc4)cc23)CC[C@]1(C)N. The fourth-order valence-electron chi connectivity index (χ4n) is 4.05. The van der Waals surface area contributed by atoms with Crippen LogP contribution in [0.25, 0.3) is 16.6 Å². The minimum atomic E-state index is -0.504. The minimum Gasteiger partial charge on any atom is -0.379 e. The second-order valence-corrected chi connectivity index (χ2v) is 8.47. The van der Waals surface area contributed by atoms with E-state index in [1.54, 1.807) is 16.9 Å². The van der Waals surface area contributed by atoms with E-state index in [1.165, 1.54) is 6.20 Å².